The molecule has 0 radical (unpaired) electrons. The van der Waals surface area contributed by atoms with Gasteiger partial charge in [0.15, 0.2) is 0 Å². The summed E-state index contributed by atoms with van der Waals surface area (Å²) in [5.41, 5.74) is -0.341. The minimum absolute atomic E-state index is 0.304. The maximum atomic E-state index is 11.2. The Morgan fingerprint density at radius 2 is 2.13 bits per heavy atom. The molecule has 1 aromatic rings. The fraction of sp³-hybridized carbons (Fsp3) is 0.273. The van der Waals surface area contributed by atoms with E-state index in [0.29, 0.717) is 18.5 Å². The molecular weight excluding hydrogens is 196 g/mol. The average Bonchev–Trinajstić information content (AvgIpc) is 2.96. The molecule has 0 spiro atoms. The molecule has 1 saturated carbocycles. The van der Waals surface area contributed by atoms with Crippen molar-refractivity contribution < 1.29 is 19.4 Å². The number of hydrogen-bond donors (Lipinski definition) is 1. The second kappa shape index (κ2) is 3.38. The molecule has 2 rings (SSSR count). The van der Waals surface area contributed by atoms with Crippen molar-refractivity contribution in [2.45, 2.75) is 17.9 Å². The van der Waals surface area contributed by atoms with Crippen molar-refractivity contribution in [2.24, 2.45) is 0 Å². The molecule has 0 heterocycles. The predicted molar refractivity (Wildman–Crippen MR) is 51.3 cm³/mol. The molecule has 0 amide bonds. The first-order chi connectivity index (χ1) is 7.21. The van der Waals surface area contributed by atoms with Gasteiger partial charge in [-0.05, 0) is 5.56 Å². The Morgan fingerprint density at radius 3 is 2.67 bits per heavy atom. The van der Waals surface area contributed by atoms with Gasteiger partial charge in [-0.2, -0.15) is 0 Å². The van der Waals surface area contributed by atoms with Gasteiger partial charge in [-0.15, -0.1) is 0 Å². The largest absolute Gasteiger partial charge is 0.480 e. The van der Waals surface area contributed by atoms with E-state index in [1.165, 1.54) is 0 Å². The summed E-state index contributed by atoms with van der Waals surface area (Å²) >= 11 is 0. The van der Waals surface area contributed by atoms with Crippen LogP contribution in [0.1, 0.15) is 12.0 Å². The van der Waals surface area contributed by atoms with Crippen molar-refractivity contribution >= 4 is 12.4 Å². The molecule has 78 valence electrons. The first-order valence-electron chi connectivity index (χ1n) is 4.60. The van der Waals surface area contributed by atoms with E-state index in [1.807, 2.05) is 6.07 Å². The number of aliphatic carboxylic acids is 1. The van der Waals surface area contributed by atoms with E-state index in [0.717, 1.165) is 0 Å². The Hall–Kier alpha value is -1.84. The molecule has 1 aliphatic rings. The lowest BCUT2D eigenvalue weighted by Crippen LogP contribution is -2.25. The van der Waals surface area contributed by atoms with Gasteiger partial charge in [0, 0.05) is 6.42 Å². The van der Waals surface area contributed by atoms with Gasteiger partial charge in [0.25, 0.3) is 6.47 Å². The Labute approximate surface area is 86.5 Å². The summed E-state index contributed by atoms with van der Waals surface area (Å²) < 4.78 is 4.72. The van der Waals surface area contributed by atoms with Gasteiger partial charge in [0.1, 0.15) is 11.5 Å². The Kier molecular flexibility index (Phi) is 2.19. The van der Waals surface area contributed by atoms with Crippen molar-refractivity contribution in [3.8, 4) is 0 Å². The average molecular weight is 206 g/mol. The third-order valence-corrected chi connectivity index (χ3v) is 2.79. The molecular formula is C11H10O4. The maximum Gasteiger partial charge on any atom is 0.318 e. The predicted octanol–water partition coefficient (Wildman–Crippen LogP) is 0.954. The van der Waals surface area contributed by atoms with E-state index in [-0.39, 0.29) is 0 Å². The second-order valence-electron chi connectivity index (χ2n) is 3.57. The molecule has 1 aliphatic carbocycles. The highest BCUT2D eigenvalue weighted by Crippen LogP contribution is 2.50. The van der Waals surface area contributed by atoms with Crippen LogP contribution in [0.2, 0.25) is 0 Å². The first-order valence-corrected chi connectivity index (χ1v) is 4.60. The van der Waals surface area contributed by atoms with Gasteiger partial charge in [-0.3, -0.25) is 9.59 Å². The van der Waals surface area contributed by atoms with Gasteiger partial charge in [-0.25, -0.2) is 0 Å². The van der Waals surface area contributed by atoms with E-state index in [9.17, 15) is 9.59 Å². The molecule has 2 atom stereocenters. The minimum Gasteiger partial charge on any atom is -0.480 e. The van der Waals surface area contributed by atoms with Crippen LogP contribution in [-0.2, 0) is 19.7 Å². The summed E-state index contributed by atoms with van der Waals surface area (Å²) in [6.07, 6.45) is -0.180. The highest BCUT2D eigenvalue weighted by atomic mass is 16.5. The zero-order valence-corrected chi connectivity index (χ0v) is 7.92. The van der Waals surface area contributed by atoms with Gasteiger partial charge in [0.05, 0.1) is 0 Å². The van der Waals surface area contributed by atoms with Crippen LogP contribution in [-0.4, -0.2) is 23.7 Å². The van der Waals surface area contributed by atoms with Crippen LogP contribution < -0.4 is 0 Å². The molecule has 0 saturated heterocycles. The highest BCUT2D eigenvalue weighted by molar-refractivity contribution is 5.87. The summed E-state index contributed by atoms with van der Waals surface area (Å²) in [7, 11) is 0. The number of rotatable bonds is 4. The topological polar surface area (TPSA) is 63.6 Å². The van der Waals surface area contributed by atoms with Crippen LogP contribution >= 0.6 is 0 Å². The van der Waals surface area contributed by atoms with Crippen molar-refractivity contribution in [1.29, 1.82) is 0 Å². The van der Waals surface area contributed by atoms with Crippen molar-refractivity contribution in [2.75, 3.05) is 0 Å². The van der Waals surface area contributed by atoms with Crippen molar-refractivity contribution in [3.63, 3.8) is 0 Å². The lowest BCUT2D eigenvalue weighted by molar-refractivity contribution is -0.142. The zero-order valence-electron chi connectivity index (χ0n) is 7.92. The van der Waals surface area contributed by atoms with E-state index in [2.05, 4.69) is 0 Å². The third-order valence-electron chi connectivity index (χ3n) is 2.79. The summed E-state index contributed by atoms with van der Waals surface area (Å²) in [6.45, 7) is 0.304. The lowest BCUT2D eigenvalue weighted by atomic mass is 9.96. The zero-order chi connectivity index (χ0) is 10.9. The summed E-state index contributed by atoms with van der Waals surface area (Å²) in [4.78, 5) is 21.4. The number of hydrogen-bond acceptors (Lipinski definition) is 3. The van der Waals surface area contributed by atoms with Crippen LogP contribution in [0, 0.1) is 0 Å². The molecule has 1 aromatic carbocycles. The van der Waals surface area contributed by atoms with Crippen LogP contribution in [0.3, 0.4) is 0 Å². The Balaban J connectivity index is 2.31. The van der Waals surface area contributed by atoms with E-state index >= 15 is 0 Å². The molecule has 1 N–H and O–H groups in total. The minimum atomic E-state index is -1.03. The van der Waals surface area contributed by atoms with E-state index < -0.39 is 17.5 Å². The smallest absolute Gasteiger partial charge is 0.318 e. The van der Waals surface area contributed by atoms with Crippen LogP contribution in [0.5, 0.6) is 0 Å². The monoisotopic (exact) mass is 206 g/mol. The Bertz CT molecular complexity index is 387. The normalized spacial score (nSPS) is 28.1. The number of ether oxygens (including phenoxy) is 1. The molecule has 4 nitrogen and oxygen atoms in total. The standard InChI is InChI=1S/C11H10O4/c12-7-15-9-6-11(9,10(13)14)8-4-2-1-3-5-8/h1-5,7,9H,6H2,(H,13,14)/t9-,11-/m1/s1. The van der Waals surface area contributed by atoms with Crippen LogP contribution in [0.15, 0.2) is 30.3 Å². The van der Waals surface area contributed by atoms with Crippen molar-refractivity contribution in [3.05, 3.63) is 35.9 Å². The van der Waals surface area contributed by atoms with E-state index in [4.69, 9.17) is 9.84 Å². The molecule has 4 heteroatoms. The second-order valence-corrected chi connectivity index (χ2v) is 3.57. The summed E-state index contributed by atoms with van der Waals surface area (Å²) in [5.74, 6) is -0.944. The Morgan fingerprint density at radius 1 is 1.47 bits per heavy atom. The van der Waals surface area contributed by atoms with Gasteiger partial charge in [-0.1, -0.05) is 30.3 Å². The molecule has 15 heavy (non-hydrogen) atoms. The van der Waals surface area contributed by atoms with Gasteiger partial charge < -0.3 is 9.84 Å². The number of carboxylic acid groups (broad SMARTS) is 1. The maximum absolute atomic E-state index is 11.2. The van der Waals surface area contributed by atoms with Gasteiger partial charge >= 0.3 is 5.97 Å². The van der Waals surface area contributed by atoms with E-state index in [1.54, 1.807) is 24.3 Å². The van der Waals surface area contributed by atoms with Crippen molar-refractivity contribution in [1.82, 2.24) is 0 Å². The molecule has 0 aromatic heterocycles. The number of carbonyl (C=O) groups excluding carboxylic acids is 1. The quantitative estimate of drug-likeness (QED) is 0.745. The highest BCUT2D eigenvalue weighted by Gasteiger charge is 2.64. The first kappa shape index (κ1) is 9.71. The molecule has 1 fully saturated rings. The molecule has 0 aliphatic heterocycles. The SMILES string of the molecule is O=CO[C@@H]1C[C@@]1(C(=O)O)c1ccccc1. The van der Waals surface area contributed by atoms with Gasteiger partial charge in [0.2, 0.25) is 0 Å². The fourth-order valence-electron chi connectivity index (χ4n) is 1.85. The summed E-state index contributed by atoms with van der Waals surface area (Å²) in [6, 6.07) is 8.84. The fourth-order valence-corrected chi connectivity index (χ4v) is 1.85. The molecule has 0 bridgehead atoms. The lowest BCUT2D eigenvalue weighted by Gasteiger charge is -2.11. The third kappa shape index (κ3) is 1.38. The van der Waals surface area contributed by atoms with Crippen LogP contribution in [0.25, 0.3) is 0 Å². The van der Waals surface area contributed by atoms with Crippen LogP contribution in [0.4, 0.5) is 0 Å². The number of carbonyl (C=O) groups is 2. The number of carboxylic acids is 1. The number of benzene rings is 1. The summed E-state index contributed by atoms with van der Waals surface area (Å²) in [5, 5.41) is 9.16. The molecule has 0 unspecified atom stereocenters.